The Balaban J connectivity index is 1.95. The largest absolute Gasteiger partial charge is 0.397 e. The van der Waals surface area contributed by atoms with Gasteiger partial charge in [-0.15, -0.1) is 0 Å². The smallest absolute Gasteiger partial charge is 0.128 e. The number of aryl methyl sites for hydroxylation is 1. The third-order valence-corrected chi connectivity index (χ3v) is 3.88. The van der Waals surface area contributed by atoms with Crippen LogP contribution in [-0.2, 0) is 0 Å². The number of hydrogen-bond donors (Lipinski definition) is 1. The van der Waals surface area contributed by atoms with E-state index < -0.39 is 0 Å². The normalized spacial score (nSPS) is 16.9. The van der Waals surface area contributed by atoms with Crippen LogP contribution in [0.25, 0.3) is 0 Å². The number of rotatable bonds is 4. The van der Waals surface area contributed by atoms with Crippen LogP contribution in [0.1, 0.15) is 5.56 Å². The van der Waals surface area contributed by atoms with Crippen molar-refractivity contribution in [1.82, 2.24) is 9.80 Å². The Morgan fingerprint density at radius 3 is 2.45 bits per heavy atom. The predicted octanol–water partition coefficient (Wildman–Crippen LogP) is 1.40. The van der Waals surface area contributed by atoms with E-state index in [1.54, 1.807) is 6.92 Å². The van der Waals surface area contributed by atoms with Gasteiger partial charge < -0.3 is 15.5 Å². The molecule has 0 aromatic heterocycles. The topological polar surface area (TPSA) is 35.7 Å². The van der Waals surface area contributed by atoms with Crippen molar-refractivity contribution in [2.45, 2.75) is 6.92 Å². The fourth-order valence-electron chi connectivity index (χ4n) is 2.51. The van der Waals surface area contributed by atoms with Gasteiger partial charge in [0.25, 0.3) is 0 Å². The molecule has 0 bridgehead atoms. The quantitative estimate of drug-likeness (QED) is 0.846. The monoisotopic (exact) mass is 280 g/mol. The fourth-order valence-corrected chi connectivity index (χ4v) is 2.51. The second-order valence-electron chi connectivity index (χ2n) is 5.79. The summed E-state index contributed by atoms with van der Waals surface area (Å²) in [6.07, 6.45) is 0. The van der Waals surface area contributed by atoms with Crippen molar-refractivity contribution in [2.75, 3.05) is 64.0 Å². The molecule has 0 radical (unpaired) electrons. The van der Waals surface area contributed by atoms with Crippen LogP contribution in [0.3, 0.4) is 0 Å². The van der Waals surface area contributed by atoms with E-state index in [-0.39, 0.29) is 5.82 Å². The SMILES string of the molecule is Cc1cc(N2CCN(CCN(C)C)CC2)c(N)cc1F. The molecule has 0 aliphatic carbocycles. The summed E-state index contributed by atoms with van der Waals surface area (Å²) in [5.41, 5.74) is 8.11. The van der Waals surface area contributed by atoms with E-state index in [9.17, 15) is 4.39 Å². The lowest BCUT2D eigenvalue weighted by atomic mass is 10.1. The Bertz CT molecular complexity index is 453. The van der Waals surface area contributed by atoms with Crippen molar-refractivity contribution >= 4 is 11.4 Å². The van der Waals surface area contributed by atoms with E-state index >= 15 is 0 Å². The lowest BCUT2D eigenvalue weighted by Crippen LogP contribution is -2.48. The third kappa shape index (κ3) is 3.61. The van der Waals surface area contributed by atoms with Gasteiger partial charge in [0, 0.05) is 39.3 Å². The Labute approximate surface area is 120 Å². The standard InChI is InChI=1S/C15H25FN4/c1-12-10-15(14(17)11-13(12)16)20-8-6-19(7-9-20)5-4-18(2)3/h10-11H,4-9,17H2,1-3H3. The first-order valence-electron chi connectivity index (χ1n) is 7.15. The maximum Gasteiger partial charge on any atom is 0.128 e. The number of anilines is 2. The number of nitrogen functional groups attached to an aromatic ring is 1. The molecular weight excluding hydrogens is 255 g/mol. The number of likely N-dealkylation sites (N-methyl/N-ethyl adjacent to an activating group) is 1. The van der Waals surface area contributed by atoms with Crippen LogP contribution in [0.15, 0.2) is 12.1 Å². The van der Waals surface area contributed by atoms with Gasteiger partial charge in [-0.1, -0.05) is 0 Å². The average molecular weight is 280 g/mol. The minimum atomic E-state index is -0.226. The molecular formula is C15H25FN4. The second kappa shape index (κ2) is 6.41. The molecule has 112 valence electrons. The summed E-state index contributed by atoms with van der Waals surface area (Å²) < 4.78 is 13.5. The number of piperazine rings is 1. The predicted molar refractivity (Wildman–Crippen MR) is 82.8 cm³/mol. The van der Waals surface area contributed by atoms with E-state index in [1.165, 1.54) is 6.07 Å². The van der Waals surface area contributed by atoms with Gasteiger partial charge in [-0.25, -0.2) is 4.39 Å². The minimum Gasteiger partial charge on any atom is -0.397 e. The summed E-state index contributed by atoms with van der Waals surface area (Å²) >= 11 is 0. The highest BCUT2D eigenvalue weighted by Gasteiger charge is 2.19. The number of nitrogens with zero attached hydrogens (tertiary/aromatic N) is 3. The Morgan fingerprint density at radius 1 is 1.20 bits per heavy atom. The minimum absolute atomic E-state index is 0.226. The van der Waals surface area contributed by atoms with Crippen molar-refractivity contribution in [3.05, 3.63) is 23.5 Å². The van der Waals surface area contributed by atoms with Crippen LogP contribution in [0.2, 0.25) is 0 Å². The first-order valence-corrected chi connectivity index (χ1v) is 7.15. The molecule has 0 amide bonds. The van der Waals surface area contributed by atoms with Crippen molar-refractivity contribution in [3.8, 4) is 0 Å². The molecule has 2 N–H and O–H groups in total. The zero-order valence-corrected chi connectivity index (χ0v) is 12.7. The maximum absolute atomic E-state index is 13.5. The van der Waals surface area contributed by atoms with E-state index in [2.05, 4.69) is 28.8 Å². The molecule has 0 spiro atoms. The third-order valence-electron chi connectivity index (χ3n) is 3.88. The van der Waals surface area contributed by atoms with Crippen molar-refractivity contribution in [3.63, 3.8) is 0 Å². The van der Waals surface area contributed by atoms with Gasteiger partial charge in [0.1, 0.15) is 5.82 Å². The van der Waals surface area contributed by atoms with E-state index in [0.717, 1.165) is 45.0 Å². The molecule has 4 nitrogen and oxygen atoms in total. The van der Waals surface area contributed by atoms with Crippen LogP contribution in [0.4, 0.5) is 15.8 Å². The molecule has 0 atom stereocenters. The Hall–Kier alpha value is -1.33. The van der Waals surface area contributed by atoms with Crippen molar-refractivity contribution in [2.24, 2.45) is 0 Å². The molecule has 0 unspecified atom stereocenters. The van der Waals surface area contributed by atoms with Gasteiger partial charge in [0.05, 0.1) is 11.4 Å². The summed E-state index contributed by atoms with van der Waals surface area (Å²) in [5.74, 6) is -0.226. The van der Waals surface area contributed by atoms with Gasteiger partial charge in [-0.3, -0.25) is 4.90 Å². The number of nitrogens with two attached hydrogens (primary N) is 1. The van der Waals surface area contributed by atoms with Crippen molar-refractivity contribution < 1.29 is 4.39 Å². The molecule has 1 saturated heterocycles. The number of benzene rings is 1. The average Bonchev–Trinajstić information content (AvgIpc) is 2.41. The molecule has 0 saturated carbocycles. The van der Waals surface area contributed by atoms with Crippen LogP contribution in [0.5, 0.6) is 0 Å². The molecule has 1 fully saturated rings. The van der Waals surface area contributed by atoms with Gasteiger partial charge in [0.2, 0.25) is 0 Å². The Morgan fingerprint density at radius 2 is 1.85 bits per heavy atom. The molecule has 1 aromatic rings. The second-order valence-corrected chi connectivity index (χ2v) is 5.79. The first kappa shape index (κ1) is 15.1. The number of halogens is 1. The highest BCUT2D eigenvalue weighted by Crippen LogP contribution is 2.27. The highest BCUT2D eigenvalue weighted by molar-refractivity contribution is 5.69. The van der Waals surface area contributed by atoms with E-state index in [1.807, 2.05) is 6.07 Å². The summed E-state index contributed by atoms with van der Waals surface area (Å²) in [7, 11) is 4.19. The van der Waals surface area contributed by atoms with E-state index in [0.29, 0.717) is 11.3 Å². The van der Waals surface area contributed by atoms with Crippen LogP contribution >= 0.6 is 0 Å². The van der Waals surface area contributed by atoms with Gasteiger partial charge >= 0.3 is 0 Å². The van der Waals surface area contributed by atoms with Crippen LogP contribution in [-0.4, -0.2) is 63.2 Å². The summed E-state index contributed by atoms with van der Waals surface area (Å²) in [5, 5.41) is 0. The maximum atomic E-state index is 13.5. The van der Waals surface area contributed by atoms with Crippen molar-refractivity contribution in [1.29, 1.82) is 0 Å². The zero-order chi connectivity index (χ0) is 14.7. The van der Waals surface area contributed by atoms with Crippen LogP contribution < -0.4 is 10.6 Å². The molecule has 1 heterocycles. The summed E-state index contributed by atoms with van der Waals surface area (Å²) in [4.78, 5) is 6.92. The fraction of sp³-hybridized carbons (Fsp3) is 0.600. The zero-order valence-electron chi connectivity index (χ0n) is 12.7. The summed E-state index contributed by atoms with van der Waals surface area (Å²) in [6.45, 7) is 7.92. The molecule has 1 aliphatic heterocycles. The van der Waals surface area contributed by atoms with Gasteiger partial charge in [-0.05, 0) is 38.7 Å². The van der Waals surface area contributed by atoms with Crippen LogP contribution in [0, 0.1) is 12.7 Å². The summed E-state index contributed by atoms with van der Waals surface area (Å²) in [6, 6.07) is 3.29. The lowest BCUT2D eigenvalue weighted by molar-refractivity contribution is 0.229. The lowest BCUT2D eigenvalue weighted by Gasteiger charge is -2.37. The van der Waals surface area contributed by atoms with Gasteiger partial charge in [-0.2, -0.15) is 0 Å². The van der Waals surface area contributed by atoms with E-state index in [4.69, 9.17) is 5.73 Å². The molecule has 1 aliphatic rings. The molecule has 2 rings (SSSR count). The first-order chi connectivity index (χ1) is 9.47. The number of hydrogen-bond acceptors (Lipinski definition) is 4. The van der Waals surface area contributed by atoms with Gasteiger partial charge in [0.15, 0.2) is 0 Å². The highest BCUT2D eigenvalue weighted by atomic mass is 19.1. The Kier molecular flexibility index (Phi) is 4.83. The molecule has 1 aromatic carbocycles. The molecule has 20 heavy (non-hydrogen) atoms. The molecule has 5 heteroatoms.